The van der Waals surface area contributed by atoms with Crippen LogP contribution in [0, 0.1) is 0 Å². The maximum Gasteiger partial charge on any atom is 0.247 e. The lowest BCUT2D eigenvalue weighted by Gasteiger charge is -2.52. The van der Waals surface area contributed by atoms with Crippen LogP contribution in [0.4, 0.5) is 0 Å². The summed E-state index contributed by atoms with van der Waals surface area (Å²) in [5, 5.41) is 4.26. The fraction of sp³-hybridized carbons (Fsp3) is 0.765. The predicted molar refractivity (Wildman–Crippen MR) is 90.2 cm³/mol. The summed E-state index contributed by atoms with van der Waals surface area (Å²) in [6.07, 6.45) is 6.55. The number of carbonyl (C=O) groups is 1. The molecule has 128 valence electrons. The average Bonchev–Trinajstić information content (AvgIpc) is 3.07. The van der Waals surface area contributed by atoms with Crippen LogP contribution in [0.25, 0.3) is 0 Å². The van der Waals surface area contributed by atoms with Crippen molar-refractivity contribution in [3.8, 4) is 0 Å². The Labute approximate surface area is 139 Å². The van der Waals surface area contributed by atoms with E-state index in [0.29, 0.717) is 0 Å². The number of hydrogen-bond donors (Lipinski definition) is 0. The highest BCUT2D eigenvalue weighted by atomic mass is 16.2. The lowest BCUT2D eigenvalue weighted by atomic mass is 9.83. The third kappa shape index (κ3) is 3.15. The van der Waals surface area contributed by atoms with Crippen molar-refractivity contribution in [1.29, 1.82) is 0 Å². The molecule has 0 N–H and O–H groups in total. The van der Waals surface area contributed by atoms with Crippen molar-refractivity contribution in [2.75, 3.05) is 46.8 Å². The van der Waals surface area contributed by atoms with E-state index >= 15 is 0 Å². The van der Waals surface area contributed by atoms with Gasteiger partial charge in [-0.1, -0.05) is 6.92 Å². The second-order valence-corrected chi connectivity index (χ2v) is 7.12. The molecule has 0 saturated carbocycles. The molecule has 0 aliphatic carbocycles. The number of amides is 1. The van der Waals surface area contributed by atoms with Gasteiger partial charge in [0, 0.05) is 50.7 Å². The molecule has 6 nitrogen and oxygen atoms in total. The molecule has 2 fully saturated rings. The fourth-order valence-corrected chi connectivity index (χ4v) is 4.09. The Bertz CT molecular complexity index is 521. The van der Waals surface area contributed by atoms with Crippen molar-refractivity contribution in [2.45, 2.75) is 37.8 Å². The molecule has 1 aromatic heterocycles. The predicted octanol–water partition coefficient (Wildman–Crippen LogP) is 1.07. The quantitative estimate of drug-likeness (QED) is 0.836. The third-order valence-corrected chi connectivity index (χ3v) is 5.71. The molecule has 3 heterocycles. The summed E-state index contributed by atoms with van der Waals surface area (Å²) >= 11 is 0. The Balaban J connectivity index is 1.65. The first-order valence-electron chi connectivity index (χ1n) is 8.73. The fourth-order valence-electron chi connectivity index (χ4n) is 4.09. The molecular formula is C17H29N5O. The number of aromatic nitrogens is 2. The van der Waals surface area contributed by atoms with Crippen molar-refractivity contribution >= 4 is 5.91 Å². The average molecular weight is 319 g/mol. The molecule has 3 rings (SSSR count). The van der Waals surface area contributed by atoms with E-state index in [1.165, 1.54) is 0 Å². The number of carbonyl (C=O) groups excluding carboxylic acids is 1. The minimum Gasteiger partial charge on any atom is -0.341 e. The van der Waals surface area contributed by atoms with Gasteiger partial charge in [-0.15, -0.1) is 0 Å². The summed E-state index contributed by atoms with van der Waals surface area (Å²) in [6.45, 7) is 7.14. The maximum absolute atomic E-state index is 12.9. The molecule has 1 aromatic rings. The van der Waals surface area contributed by atoms with E-state index < -0.39 is 0 Å². The Morgan fingerprint density at radius 3 is 2.57 bits per heavy atom. The molecule has 1 amide bonds. The standard InChI is InChI=1S/C17H29N5O/c1-4-15(22-9-5-8-18-22)16(23)21-10-6-17(7-11-21)14-19(2)12-13-20(17)3/h5,8-9,15H,4,6-7,10-14H2,1-3H3. The van der Waals surface area contributed by atoms with E-state index in [4.69, 9.17) is 0 Å². The summed E-state index contributed by atoms with van der Waals surface area (Å²) in [5.74, 6) is 0.220. The van der Waals surface area contributed by atoms with E-state index in [9.17, 15) is 4.79 Å². The van der Waals surface area contributed by atoms with Crippen LogP contribution < -0.4 is 0 Å². The molecule has 1 unspecified atom stereocenters. The molecule has 1 atom stereocenters. The minimum absolute atomic E-state index is 0.161. The topological polar surface area (TPSA) is 44.6 Å². The van der Waals surface area contributed by atoms with Crippen LogP contribution in [0.1, 0.15) is 32.2 Å². The van der Waals surface area contributed by atoms with E-state index in [0.717, 1.165) is 52.0 Å². The van der Waals surface area contributed by atoms with Gasteiger partial charge in [0.15, 0.2) is 0 Å². The Kier molecular flexibility index (Phi) is 4.73. The van der Waals surface area contributed by atoms with Gasteiger partial charge in [-0.3, -0.25) is 14.4 Å². The normalized spacial score (nSPS) is 24.0. The van der Waals surface area contributed by atoms with Crippen LogP contribution in [-0.2, 0) is 4.79 Å². The van der Waals surface area contributed by atoms with Crippen LogP contribution in [0.2, 0.25) is 0 Å². The second-order valence-electron chi connectivity index (χ2n) is 7.12. The van der Waals surface area contributed by atoms with Crippen molar-refractivity contribution in [2.24, 2.45) is 0 Å². The zero-order valence-corrected chi connectivity index (χ0v) is 14.6. The van der Waals surface area contributed by atoms with Crippen molar-refractivity contribution in [3.05, 3.63) is 18.5 Å². The summed E-state index contributed by atoms with van der Waals surface area (Å²) < 4.78 is 1.80. The molecule has 2 aliphatic heterocycles. The Hall–Kier alpha value is -1.40. The van der Waals surface area contributed by atoms with Gasteiger partial charge in [-0.2, -0.15) is 5.10 Å². The smallest absolute Gasteiger partial charge is 0.247 e. The number of nitrogens with zero attached hydrogens (tertiary/aromatic N) is 5. The van der Waals surface area contributed by atoms with Gasteiger partial charge >= 0.3 is 0 Å². The first kappa shape index (κ1) is 16.5. The van der Waals surface area contributed by atoms with Crippen molar-refractivity contribution in [3.63, 3.8) is 0 Å². The first-order valence-corrected chi connectivity index (χ1v) is 8.73. The summed E-state index contributed by atoms with van der Waals surface area (Å²) in [6, 6.07) is 1.72. The van der Waals surface area contributed by atoms with E-state index in [2.05, 4.69) is 35.9 Å². The number of hydrogen-bond acceptors (Lipinski definition) is 4. The largest absolute Gasteiger partial charge is 0.341 e. The number of piperazine rings is 1. The zero-order chi connectivity index (χ0) is 16.4. The second kappa shape index (κ2) is 6.61. The molecule has 0 bridgehead atoms. The number of likely N-dealkylation sites (N-methyl/N-ethyl adjacent to an activating group) is 2. The molecule has 23 heavy (non-hydrogen) atoms. The number of piperidine rings is 1. The van der Waals surface area contributed by atoms with E-state index in [1.807, 2.05) is 17.2 Å². The van der Waals surface area contributed by atoms with E-state index in [-0.39, 0.29) is 17.5 Å². The maximum atomic E-state index is 12.9. The Morgan fingerprint density at radius 2 is 1.96 bits per heavy atom. The van der Waals surface area contributed by atoms with Crippen LogP contribution in [0.5, 0.6) is 0 Å². The minimum atomic E-state index is -0.161. The third-order valence-electron chi connectivity index (χ3n) is 5.71. The van der Waals surface area contributed by atoms with Crippen molar-refractivity contribution in [1.82, 2.24) is 24.5 Å². The molecule has 2 saturated heterocycles. The van der Waals surface area contributed by atoms with Gasteiger partial charge in [0.25, 0.3) is 0 Å². The Morgan fingerprint density at radius 1 is 1.22 bits per heavy atom. The lowest BCUT2D eigenvalue weighted by Crippen LogP contribution is -2.64. The highest BCUT2D eigenvalue weighted by Crippen LogP contribution is 2.32. The van der Waals surface area contributed by atoms with Gasteiger partial charge in [-0.25, -0.2) is 0 Å². The molecule has 0 aromatic carbocycles. The highest BCUT2D eigenvalue weighted by Gasteiger charge is 2.42. The van der Waals surface area contributed by atoms with Gasteiger partial charge in [0.1, 0.15) is 6.04 Å². The van der Waals surface area contributed by atoms with Gasteiger partial charge in [0.05, 0.1) is 0 Å². The molecule has 6 heteroatoms. The summed E-state index contributed by atoms with van der Waals surface area (Å²) in [4.78, 5) is 19.9. The SMILES string of the molecule is CCC(C(=O)N1CCC2(CC1)CN(C)CCN2C)n1cccn1. The van der Waals surface area contributed by atoms with Crippen LogP contribution in [0.3, 0.4) is 0 Å². The molecule has 0 radical (unpaired) electrons. The van der Waals surface area contributed by atoms with Gasteiger partial charge in [-0.05, 0) is 39.4 Å². The van der Waals surface area contributed by atoms with Crippen LogP contribution >= 0.6 is 0 Å². The summed E-state index contributed by atoms with van der Waals surface area (Å²) in [7, 11) is 4.44. The molecule has 2 aliphatic rings. The van der Waals surface area contributed by atoms with Gasteiger partial charge < -0.3 is 9.80 Å². The first-order chi connectivity index (χ1) is 11.1. The van der Waals surface area contributed by atoms with E-state index in [1.54, 1.807) is 10.9 Å². The summed E-state index contributed by atoms with van der Waals surface area (Å²) in [5.41, 5.74) is 0.247. The molecule has 1 spiro atoms. The highest BCUT2D eigenvalue weighted by molar-refractivity contribution is 5.80. The van der Waals surface area contributed by atoms with Crippen LogP contribution in [0.15, 0.2) is 18.5 Å². The number of likely N-dealkylation sites (tertiary alicyclic amines) is 1. The molecular weight excluding hydrogens is 290 g/mol. The zero-order valence-electron chi connectivity index (χ0n) is 14.6. The number of rotatable bonds is 3. The lowest BCUT2D eigenvalue weighted by molar-refractivity contribution is -0.138. The van der Waals surface area contributed by atoms with Crippen molar-refractivity contribution < 1.29 is 4.79 Å². The van der Waals surface area contributed by atoms with Crippen LogP contribution in [-0.4, -0.2) is 82.7 Å². The van der Waals surface area contributed by atoms with Gasteiger partial charge in [0.2, 0.25) is 5.91 Å². The monoisotopic (exact) mass is 319 g/mol.